The van der Waals surface area contributed by atoms with Gasteiger partial charge in [0.15, 0.2) is 0 Å². The molecule has 0 radical (unpaired) electrons. The Bertz CT molecular complexity index is 1170. The molecule has 7 heteroatoms. The molecule has 3 rings (SSSR count). The lowest BCUT2D eigenvalue weighted by molar-refractivity contribution is 0.0939. The van der Waals surface area contributed by atoms with Crippen molar-refractivity contribution in [3.8, 4) is 5.69 Å². The molecule has 0 aliphatic carbocycles. The van der Waals surface area contributed by atoms with Gasteiger partial charge in [-0.3, -0.25) is 14.2 Å². The van der Waals surface area contributed by atoms with Crippen LogP contribution in [0.4, 0.5) is 0 Å². The van der Waals surface area contributed by atoms with E-state index in [9.17, 15) is 14.4 Å². The SMILES string of the molecule is Cc1ccc(-n2nc(C(=O)NCC(C)C)c(=O)n(Cc3cccc(C)c3)c2=O)cc1. The summed E-state index contributed by atoms with van der Waals surface area (Å²) in [6, 6.07) is 14.7. The summed E-state index contributed by atoms with van der Waals surface area (Å²) >= 11 is 0. The van der Waals surface area contributed by atoms with E-state index in [2.05, 4.69) is 10.4 Å². The van der Waals surface area contributed by atoms with Gasteiger partial charge in [0.2, 0.25) is 5.69 Å². The van der Waals surface area contributed by atoms with Crippen molar-refractivity contribution in [2.75, 3.05) is 6.54 Å². The van der Waals surface area contributed by atoms with E-state index in [1.165, 1.54) is 0 Å². The zero-order valence-electron chi connectivity index (χ0n) is 17.7. The van der Waals surface area contributed by atoms with Gasteiger partial charge in [-0.25, -0.2) is 4.79 Å². The molecule has 0 atom stereocenters. The Morgan fingerprint density at radius 3 is 2.37 bits per heavy atom. The van der Waals surface area contributed by atoms with Crippen LogP contribution in [0, 0.1) is 19.8 Å². The van der Waals surface area contributed by atoms with Crippen molar-refractivity contribution in [3.05, 3.63) is 91.8 Å². The first-order valence-corrected chi connectivity index (χ1v) is 9.91. The minimum Gasteiger partial charge on any atom is -0.350 e. The second-order valence-electron chi connectivity index (χ2n) is 7.86. The van der Waals surface area contributed by atoms with Crippen molar-refractivity contribution in [3.63, 3.8) is 0 Å². The van der Waals surface area contributed by atoms with Gasteiger partial charge in [0, 0.05) is 6.54 Å². The van der Waals surface area contributed by atoms with E-state index in [0.29, 0.717) is 12.2 Å². The van der Waals surface area contributed by atoms with Crippen molar-refractivity contribution in [2.45, 2.75) is 34.2 Å². The molecule has 0 spiro atoms. The molecule has 156 valence electrons. The maximum absolute atomic E-state index is 13.1. The lowest BCUT2D eigenvalue weighted by Crippen LogP contribution is -2.46. The van der Waals surface area contributed by atoms with Gasteiger partial charge in [-0.1, -0.05) is 61.4 Å². The predicted molar refractivity (Wildman–Crippen MR) is 116 cm³/mol. The maximum atomic E-state index is 13.1. The molecular formula is C23H26N4O3. The molecule has 1 amide bonds. The molecule has 1 heterocycles. The molecule has 0 unspecified atom stereocenters. The highest BCUT2D eigenvalue weighted by Gasteiger charge is 2.20. The lowest BCUT2D eigenvalue weighted by atomic mass is 10.1. The van der Waals surface area contributed by atoms with Crippen molar-refractivity contribution in [1.29, 1.82) is 0 Å². The van der Waals surface area contributed by atoms with E-state index in [0.717, 1.165) is 25.9 Å². The third-order valence-electron chi connectivity index (χ3n) is 4.65. The largest absolute Gasteiger partial charge is 0.352 e. The molecule has 2 aromatic carbocycles. The molecule has 1 N–H and O–H groups in total. The molecule has 0 bridgehead atoms. The van der Waals surface area contributed by atoms with Crippen LogP contribution in [0.1, 0.15) is 41.0 Å². The highest BCUT2D eigenvalue weighted by molar-refractivity contribution is 5.91. The van der Waals surface area contributed by atoms with Gasteiger partial charge in [-0.2, -0.15) is 9.78 Å². The molecule has 0 aliphatic rings. The lowest BCUT2D eigenvalue weighted by Gasteiger charge is -2.13. The summed E-state index contributed by atoms with van der Waals surface area (Å²) in [6.07, 6.45) is 0. The zero-order chi connectivity index (χ0) is 21.8. The minimum absolute atomic E-state index is 0.0538. The van der Waals surface area contributed by atoms with E-state index in [-0.39, 0.29) is 18.2 Å². The standard InChI is InChI=1S/C23H26N4O3/c1-15(2)13-24-21(28)20-22(29)26(14-18-7-5-6-17(4)12-18)23(30)27(25-20)19-10-8-16(3)9-11-19/h5-12,15H,13-14H2,1-4H3,(H,24,28). The summed E-state index contributed by atoms with van der Waals surface area (Å²) < 4.78 is 2.17. The van der Waals surface area contributed by atoms with Crippen LogP contribution in [0.3, 0.4) is 0 Å². The fraction of sp³-hybridized carbons (Fsp3) is 0.304. The van der Waals surface area contributed by atoms with E-state index in [4.69, 9.17) is 0 Å². The second kappa shape index (κ2) is 8.90. The van der Waals surface area contributed by atoms with Crippen LogP contribution in [-0.4, -0.2) is 26.8 Å². The highest BCUT2D eigenvalue weighted by Crippen LogP contribution is 2.07. The Balaban J connectivity index is 2.16. The van der Waals surface area contributed by atoms with Crippen LogP contribution in [0.5, 0.6) is 0 Å². The van der Waals surface area contributed by atoms with E-state index in [1.54, 1.807) is 12.1 Å². The van der Waals surface area contributed by atoms with Crippen LogP contribution in [0.15, 0.2) is 58.1 Å². The Morgan fingerprint density at radius 1 is 1.03 bits per heavy atom. The first-order chi connectivity index (χ1) is 14.3. The average molecular weight is 406 g/mol. The second-order valence-corrected chi connectivity index (χ2v) is 7.86. The maximum Gasteiger partial charge on any atom is 0.352 e. The van der Waals surface area contributed by atoms with Gasteiger partial charge in [0.25, 0.3) is 11.5 Å². The number of carbonyl (C=O) groups excluding carboxylic acids is 1. The number of nitrogens with one attached hydrogen (secondary N) is 1. The van der Waals surface area contributed by atoms with Gasteiger partial charge in [0.1, 0.15) is 0 Å². The molecular weight excluding hydrogens is 380 g/mol. The number of nitrogens with zero attached hydrogens (tertiary/aromatic N) is 3. The molecule has 0 saturated heterocycles. The fourth-order valence-electron chi connectivity index (χ4n) is 3.02. The topological polar surface area (TPSA) is 86.0 Å². The number of rotatable bonds is 6. The number of hydrogen-bond acceptors (Lipinski definition) is 4. The number of aryl methyl sites for hydroxylation is 2. The Morgan fingerprint density at radius 2 is 1.73 bits per heavy atom. The summed E-state index contributed by atoms with van der Waals surface area (Å²) in [5.41, 5.74) is 1.73. The van der Waals surface area contributed by atoms with Crippen LogP contribution in [0.25, 0.3) is 5.69 Å². The predicted octanol–water partition coefficient (Wildman–Crippen LogP) is 2.45. The first kappa shape index (κ1) is 21.2. The normalized spacial score (nSPS) is 11.0. The smallest absolute Gasteiger partial charge is 0.350 e. The van der Waals surface area contributed by atoms with Crippen molar-refractivity contribution in [1.82, 2.24) is 19.7 Å². The molecule has 0 saturated carbocycles. The van der Waals surface area contributed by atoms with Gasteiger partial charge >= 0.3 is 5.69 Å². The first-order valence-electron chi connectivity index (χ1n) is 9.91. The Labute approximate surface area is 175 Å². The van der Waals surface area contributed by atoms with E-state index in [1.807, 2.05) is 64.1 Å². The van der Waals surface area contributed by atoms with E-state index < -0.39 is 17.2 Å². The molecule has 3 aromatic rings. The molecule has 1 aromatic heterocycles. The summed E-state index contributed by atoms with van der Waals surface area (Å²) in [6.45, 7) is 8.24. The van der Waals surface area contributed by atoms with Crippen LogP contribution >= 0.6 is 0 Å². The Hall–Kier alpha value is -3.48. The summed E-state index contributed by atoms with van der Waals surface area (Å²) in [7, 11) is 0. The van der Waals surface area contributed by atoms with Crippen LogP contribution < -0.4 is 16.6 Å². The fourth-order valence-corrected chi connectivity index (χ4v) is 3.02. The number of hydrogen-bond donors (Lipinski definition) is 1. The van der Waals surface area contributed by atoms with Gasteiger partial charge in [-0.05, 0) is 37.5 Å². The van der Waals surface area contributed by atoms with Crippen molar-refractivity contribution in [2.24, 2.45) is 5.92 Å². The molecule has 30 heavy (non-hydrogen) atoms. The summed E-state index contributed by atoms with van der Waals surface area (Å²) in [4.78, 5) is 38.8. The Kier molecular flexibility index (Phi) is 6.30. The van der Waals surface area contributed by atoms with E-state index >= 15 is 0 Å². The van der Waals surface area contributed by atoms with Gasteiger partial charge in [0.05, 0.1) is 12.2 Å². The van der Waals surface area contributed by atoms with Crippen LogP contribution in [0.2, 0.25) is 0 Å². The minimum atomic E-state index is -0.703. The van der Waals surface area contributed by atoms with Crippen molar-refractivity contribution >= 4 is 5.91 Å². The number of amides is 1. The van der Waals surface area contributed by atoms with Crippen LogP contribution in [-0.2, 0) is 6.54 Å². The molecule has 7 nitrogen and oxygen atoms in total. The summed E-state index contributed by atoms with van der Waals surface area (Å²) in [5, 5.41) is 6.84. The van der Waals surface area contributed by atoms with Gasteiger partial charge < -0.3 is 5.32 Å². The zero-order valence-corrected chi connectivity index (χ0v) is 17.7. The number of aromatic nitrogens is 3. The monoisotopic (exact) mass is 406 g/mol. The van der Waals surface area contributed by atoms with Crippen molar-refractivity contribution < 1.29 is 4.79 Å². The number of carbonyl (C=O) groups is 1. The third-order valence-corrected chi connectivity index (χ3v) is 4.65. The highest BCUT2D eigenvalue weighted by atomic mass is 16.2. The molecule has 0 fully saturated rings. The van der Waals surface area contributed by atoms with Gasteiger partial charge in [-0.15, -0.1) is 0 Å². The quantitative estimate of drug-likeness (QED) is 0.681. The molecule has 0 aliphatic heterocycles. The average Bonchev–Trinajstić information content (AvgIpc) is 2.70. The summed E-state index contributed by atoms with van der Waals surface area (Å²) in [5.74, 6) is -0.376. The third kappa shape index (κ3) is 4.74. The number of benzene rings is 2.